The molecule has 1 rings (SSSR count). The monoisotopic (exact) mass is 277 g/mol. The quantitative estimate of drug-likeness (QED) is 0.641. The van der Waals surface area contributed by atoms with E-state index in [1.54, 1.807) is 26.0 Å². The molecule has 1 aromatic carbocycles. The SMILES string of the molecule is CCOC(=O)/C(C)=C/c1ccc(N(CC)CC)cc1O. The maximum Gasteiger partial charge on any atom is 0.333 e. The standard InChI is InChI=1S/C16H23NO3/c1-5-17(6-2)14-9-8-13(15(18)11-14)10-12(4)16(19)20-7-3/h8-11,18H,5-7H2,1-4H3/b12-10+. The molecule has 1 aromatic rings. The Balaban J connectivity index is 2.99. The Kier molecular flexibility index (Phi) is 6.10. The minimum absolute atomic E-state index is 0.165. The lowest BCUT2D eigenvalue weighted by Gasteiger charge is -2.21. The number of carbonyl (C=O) groups is 1. The van der Waals surface area contributed by atoms with Crippen LogP contribution in [0.4, 0.5) is 5.69 Å². The van der Waals surface area contributed by atoms with E-state index in [2.05, 4.69) is 18.7 Å². The third-order valence-corrected chi connectivity index (χ3v) is 3.11. The molecule has 0 unspecified atom stereocenters. The number of rotatable bonds is 6. The maximum atomic E-state index is 11.5. The summed E-state index contributed by atoms with van der Waals surface area (Å²) in [7, 11) is 0. The van der Waals surface area contributed by atoms with Crippen molar-refractivity contribution in [1.82, 2.24) is 0 Å². The highest BCUT2D eigenvalue weighted by atomic mass is 16.5. The number of benzene rings is 1. The lowest BCUT2D eigenvalue weighted by molar-refractivity contribution is -0.138. The fourth-order valence-electron chi connectivity index (χ4n) is 1.98. The van der Waals surface area contributed by atoms with Crippen LogP contribution in [-0.2, 0) is 9.53 Å². The van der Waals surface area contributed by atoms with Gasteiger partial charge in [-0.2, -0.15) is 0 Å². The fraction of sp³-hybridized carbons (Fsp3) is 0.438. The molecule has 0 bridgehead atoms. The number of hydrogen-bond donors (Lipinski definition) is 1. The van der Waals surface area contributed by atoms with Crippen LogP contribution in [0.1, 0.15) is 33.3 Å². The summed E-state index contributed by atoms with van der Waals surface area (Å²) < 4.78 is 4.92. The zero-order valence-electron chi connectivity index (χ0n) is 12.6. The van der Waals surface area contributed by atoms with Crippen LogP contribution in [0.3, 0.4) is 0 Å². The molecule has 1 N–H and O–H groups in total. The summed E-state index contributed by atoms with van der Waals surface area (Å²) in [5.74, 6) is -0.197. The van der Waals surface area contributed by atoms with Gasteiger partial charge in [0.1, 0.15) is 5.75 Å². The van der Waals surface area contributed by atoms with E-state index in [1.165, 1.54) is 0 Å². The van der Waals surface area contributed by atoms with E-state index in [0.29, 0.717) is 17.7 Å². The average Bonchev–Trinajstić information content (AvgIpc) is 2.43. The molecule has 0 spiro atoms. The van der Waals surface area contributed by atoms with Gasteiger partial charge in [-0.25, -0.2) is 4.79 Å². The van der Waals surface area contributed by atoms with Crippen LogP contribution in [-0.4, -0.2) is 30.8 Å². The zero-order chi connectivity index (χ0) is 15.1. The Bertz CT molecular complexity index is 490. The minimum Gasteiger partial charge on any atom is -0.507 e. The third-order valence-electron chi connectivity index (χ3n) is 3.11. The highest BCUT2D eigenvalue weighted by molar-refractivity contribution is 5.93. The van der Waals surface area contributed by atoms with E-state index < -0.39 is 0 Å². The summed E-state index contributed by atoms with van der Waals surface area (Å²) >= 11 is 0. The van der Waals surface area contributed by atoms with Gasteiger partial charge in [-0.05, 0) is 45.9 Å². The molecule has 4 nitrogen and oxygen atoms in total. The van der Waals surface area contributed by atoms with E-state index in [4.69, 9.17) is 4.74 Å². The first-order valence-electron chi connectivity index (χ1n) is 6.96. The maximum absolute atomic E-state index is 11.5. The van der Waals surface area contributed by atoms with Gasteiger partial charge in [-0.3, -0.25) is 0 Å². The van der Waals surface area contributed by atoms with Gasteiger partial charge in [0.15, 0.2) is 0 Å². The number of nitrogens with zero attached hydrogens (tertiary/aromatic N) is 1. The van der Waals surface area contributed by atoms with Gasteiger partial charge >= 0.3 is 5.97 Å². The Morgan fingerprint density at radius 1 is 1.30 bits per heavy atom. The number of carbonyl (C=O) groups excluding carboxylic acids is 1. The lowest BCUT2D eigenvalue weighted by atomic mass is 10.1. The van der Waals surface area contributed by atoms with Crippen molar-refractivity contribution in [1.29, 1.82) is 0 Å². The second kappa shape index (κ2) is 7.58. The molecule has 0 aliphatic rings. The molecule has 4 heteroatoms. The van der Waals surface area contributed by atoms with Crippen molar-refractivity contribution in [2.75, 3.05) is 24.6 Å². The van der Waals surface area contributed by atoms with Gasteiger partial charge in [-0.15, -0.1) is 0 Å². The summed E-state index contributed by atoms with van der Waals surface area (Å²) in [4.78, 5) is 13.7. The van der Waals surface area contributed by atoms with Crippen LogP contribution in [0.2, 0.25) is 0 Å². The van der Waals surface area contributed by atoms with Gasteiger partial charge in [-0.1, -0.05) is 0 Å². The van der Waals surface area contributed by atoms with Crippen LogP contribution < -0.4 is 4.90 Å². The van der Waals surface area contributed by atoms with E-state index >= 15 is 0 Å². The smallest absolute Gasteiger partial charge is 0.333 e. The number of ether oxygens (including phenoxy) is 1. The Hall–Kier alpha value is -1.97. The molecule has 110 valence electrons. The number of aromatic hydroxyl groups is 1. The second-order valence-corrected chi connectivity index (χ2v) is 4.46. The van der Waals surface area contributed by atoms with Gasteiger partial charge in [0, 0.05) is 36.0 Å². The molecule has 0 atom stereocenters. The van der Waals surface area contributed by atoms with E-state index in [9.17, 15) is 9.90 Å². The molecule has 0 fully saturated rings. The summed E-state index contributed by atoms with van der Waals surface area (Å²) in [5, 5.41) is 10.1. The Morgan fingerprint density at radius 2 is 1.95 bits per heavy atom. The molecule has 0 amide bonds. The van der Waals surface area contributed by atoms with Crippen molar-refractivity contribution < 1.29 is 14.6 Å². The van der Waals surface area contributed by atoms with Gasteiger partial charge < -0.3 is 14.7 Å². The average molecular weight is 277 g/mol. The molecule has 0 aliphatic carbocycles. The molecule has 0 saturated carbocycles. The molecule has 0 aromatic heterocycles. The summed E-state index contributed by atoms with van der Waals surface area (Å²) in [6.07, 6.45) is 1.64. The normalized spacial score (nSPS) is 11.3. The molecule has 0 aliphatic heterocycles. The number of phenols is 1. The van der Waals surface area contributed by atoms with Crippen LogP contribution in [0, 0.1) is 0 Å². The zero-order valence-corrected chi connectivity index (χ0v) is 12.6. The number of esters is 1. The highest BCUT2D eigenvalue weighted by Gasteiger charge is 2.08. The van der Waals surface area contributed by atoms with Crippen LogP contribution in [0.15, 0.2) is 23.8 Å². The van der Waals surface area contributed by atoms with Gasteiger partial charge in [0.05, 0.1) is 6.61 Å². The van der Waals surface area contributed by atoms with Crippen molar-refractivity contribution in [3.05, 3.63) is 29.3 Å². The molecule has 0 heterocycles. The van der Waals surface area contributed by atoms with Crippen LogP contribution >= 0.6 is 0 Å². The van der Waals surface area contributed by atoms with Crippen LogP contribution in [0.5, 0.6) is 5.75 Å². The molecule has 20 heavy (non-hydrogen) atoms. The molecular formula is C16H23NO3. The third kappa shape index (κ3) is 4.02. The van der Waals surface area contributed by atoms with Crippen molar-refractivity contribution in [2.45, 2.75) is 27.7 Å². The first kappa shape index (κ1) is 16.1. The van der Waals surface area contributed by atoms with Crippen LogP contribution in [0.25, 0.3) is 6.08 Å². The number of hydrogen-bond acceptors (Lipinski definition) is 4. The summed E-state index contributed by atoms with van der Waals surface area (Å²) in [6, 6.07) is 5.47. The first-order valence-corrected chi connectivity index (χ1v) is 6.96. The lowest BCUT2D eigenvalue weighted by Crippen LogP contribution is -2.21. The molecule has 0 saturated heterocycles. The van der Waals surface area contributed by atoms with E-state index in [0.717, 1.165) is 18.8 Å². The van der Waals surface area contributed by atoms with Gasteiger partial charge in [0.2, 0.25) is 0 Å². The predicted molar refractivity (Wildman–Crippen MR) is 82.0 cm³/mol. The minimum atomic E-state index is -0.361. The molecule has 0 radical (unpaired) electrons. The number of phenolic OH excluding ortho intramolecular Hbond substituents is 1. The Labute approximate surface area is 120 Å². The Morgan fingerprint density at radius 3 is 2.45 bits per heavy atom. The fourth-order valence-corrected chi connectivity index (χ4v) is 1.98. The molecular weight excluding hydrogens is 254 g/mol. The van der Waals surface area contributed by atoms with Crippen molar-refractivity contribution in [2.24, 2.45) is 0 Å². The van der Waals surface area contributed by atoms with Gasteiger partial charge in [0.25, 0.3) is 0 Å². The van der Waals surface area contributed by atoms with Crippen molar-refractivity contribution in [3.63, 3.8) is 0 Å². The highest BCUT2D eigenvalue weighted by Crippen LogP contribution is 2.26. The first-order chi connectivity index (χ1) is 9.53. The van der Waals surface area contributed by atoms with E-state index in [1.807, 2.05) is 12.1 Å². The summed E-state index contributed by atoms with van der Waals surface area (Å²) in [5.41, 5.74) is 2.06. The van der Waals surface area contributed by atoms with E-state index in [-0.39, 0.29) is 11.7 Å². The number of anilines is 1. The second-order valence-electron chi connectivity index (χ2n) is 4.46. The topological polar surface area (TPSA) is 49.8 Å². The van der Waals surface area contributed by atoms with Crippen molar-refractivity contribution in [3.8, 4) is 5.75 Å². The largest absolute Gasteiger partial charge is 0.507 e. The summed E-state index contributed by atoms with van der Waals surface area (Å²) in [6.45, 7) is 9.69. The van der Waals surface area contributed by atoms with Crippen molar-refractivity contribution >= 4 is 17.7 Å². The predicted octanol–water partition coefficient (Wildman–Crippen LogP) is 3.20.